The van der Waals surface area contributed by atoms with Gasteiger partial charge in [0.05, 0.1) is 12.1 Å². The number of carbonyl (C=O) groups is 1. The van der Waals surface area contributed by atoms with Crippen LogP contribution in [0.3, 0.4) is 0 Å². The van der Waals surface area contributed by atoms with E-state index in [-0.39, 0.29) is 42.0 Å². The van der Waals surface area contributed by atoms with E-state index >= 15 is 0 Å². The molecule has 0 bridgehead atoms. The van der Waals surface area contributed by atoms with E-state index in [9.17, 15) is 4.79 Å². The van der Waals surface area contributed by atoms with Crippen LogP contribution in [0.15, 0.2) is 23.2 Å². The van der Waals surface area contributed by atoms with Crippen LogP contribution in [0.2, 0.25) is 0 Å². The molecule has 1 unspecified atom stereocenters. The standard InChI is InChI=1S/C23H39N5O2.HI/c1-17(2)30-21-15-18(3)10-11-19(21)16-26-23(24-4)25-12-8-14-28-13-7-9-20(28)22(29)27(5)6;/h10-11,15,17,20H,7-9,12-14,16H2,1-6H3,(H2,24,25,26);1H. The number of halogens is 1. The highest BCUT2D eigenvalue weighted by Crippen LogP contribution is 2.21. The van der Waals surface area contributed by atoms with Gasteiger partial charge < -0.3 is 20.3 Å². The van der Waals surface area contributed by atoms with Crippen LogP contribution in [0.5, 0.6) is 5.75 Å². The molecule has 0 radical (unpaired) electrons. The predicted octanol–water partition coefficient (Wildman–Crippen LogP) is 3.01. The largest absolute Gasteiger partial charge is 0.491 e. The Morgan fingerprint density at radius 3 is 2.71 bits per heavy atom. The highest BCUT2D eigenvalue weighted by molar-refractivity contribution is 14.0. The van der Waals surface area contributed by atoms with Crippen LogP contribution >= 0.6 is 24.0 Å². The molecule has 0 aromatic heterocycles. The van der Waals surface area contributed by atoms with Gasteiger partial charge in [-0.2, -0.15) is 0 Å². The molecule has 1 saturated heterocycles. The van der Waals surface area contributed by atoms with Crippen molar-refractivity contribution in [3.05, 3.63) is 29.3 Å². The topological polar surface area (TPSA) is 69.2 Å². The average molecular weight is 546 g/mol. The molecule has 1 aliphatic heterocycles. The zero-order valence-electron chi connectivity index (χ0n) is 19.9. The summed E-state index contributed by atoms with van der Waals surface area (Å²) in [7, 11) is 5.45. The van der Waals surface area contributed by atoms with E-state index in [1.54, 1.807) is 11.9 Å². The third-order valence-corrected chi connectivity index (χ3v) is 5.26. The number of hydrogen-bond donors (Lipinski definition) is 2. The maximum atomic E-state index is 12.3. The number of aryl methyl sites for hydroxylation is 1. The predicted molar refractivity (Wildman–Crippen MR) is 138 cm³/mol. The molecule has 1 heterocycles. The molecular formula is C23H40IN5O2. The Kier molecular flexibility index (Phi) is 12.2. The number of nitrogens with zero attached hydrogens (tertiary/aromatic N) is 3. The minimum absolute atomic E-state index is 0. The van der Waals surface area contributed by atoms with Crippen LogP contribution in [-0.4, -0.2) is 74.6 Å². The first-order valence-electron chi connectivity index (χ1n) is 11.0. The number of ether oxygens (including phenoxy) is 1. The van der Waals surface area contributed by atoms with Crippen LogP contribution in [0.25, 0.3) is 0 Å². The molecule has 1 aliphatic rings. The number of likely N-dealkylation sites (N-methyl/N-ethyl adjacent to an activating group) is 1. The molecule has 0 spiro atoms. The fraction of sp³-hybridized carbons (Fsp3) is 0.652. The number of nitrogens with one attached hydrogen (secondary N) is 2. The summed E-state index contributed by atoms with van der Waals surface area (Å²) in [6, 6.07) is 6.32. The van der Waals surface area contributed by atoms with Gasteiger partial charge in [-0.25, -0.2) is 0 Å². The van der Waals surface area contributed by atoms with Crippen LogP contribution in [0, 0.1) is 6.92 Å². The number of benzene rings is 1. The minimum atomic E-state index is 0. The third-order valence-electron chi connectivity index (χ3n) is 5.26. The zero-order valence-corrected chi connectivity index (χ0v) is 22.2. The highest BCUT2D eigenvalue weighted by Gasteiger charge is 2.30. The fourth-order valence-electron chi connectivity index (χ4n) is 3.73. The summed E-state index contributed by atoms with van der Waals surface area (Å²) < 4.78 is 5.96. The summed E-state index contributed by atoms with van der Waals surface area (Å²) in [6.45, 7) is 9.52. The van der Waals surface area contributed by atoms with Crippen molar-refractivity contribution in [2.45, 2.75) is 58.7 Å². The maximum absolute atomic E-state index is 12.3. The lowest BCUT2D eigenvalue weighted by Crippen LogP contribution is -2.44. The summed E-state index contributed by atoms with van der Waals surface area (Å²) >= 11 is 0. The number of guanidine groups is 1. The minimum Gasteiger partial charge on any atom is -0.491 e. The SMILES string of the molecule is CN=C(NCCCN1CCCC1C(=O)N(C)C)NCc1ccc(C)cc1OC(C)C.I. The Labute approximate surface area is 205 Å². The Bertz CT molecular complexity index is 724. The summed E-state index contributed by atoms with van der Waals surface area (Å²) in [4.78, 5) is 20.6. The molecule has 1 aromatic rings. The Balaban J connectivity index is 0.00000480. The first-order chi connectivity index (χ1) is 14.3. The molecule has 2 N–H and O–H groups in total. The van der Waals surface area contributed by atoms with Crippen LogP contribution in [0.1, 0.15) is 44.2 Å². The molecule has 7 nitrogen and oxygen atoms in total. The second-order valence-corrected chi connectivity index (χ2v) is 8.41. The Morgan fingerprint density at radius 2 is 2.06 bits per heavy atom. The van der Waals surface area contributed by atoms with Crippen molar-refractivity contribution in [3.63, 3.8) is 0 Å². The molecule has 1 aromatic carbocycles. The van der Waals surface area contributed by atoms with Crippen molar-refractivity contribution in [2.75, 3.05) is 40.8 Å². The van der Waals surface area contributed by atoms with Gasteiger partial charge in [0.25, 0.3) is 0 Å². The van der Waals surface area contributed by atoms with E-state index in [0.717, 1.165) is 56.2 Å². The molecule has 1 atom stereocenters. The summed E-state index contributed by atoms with van der Waals surface area (Å²) in [5.74, 6) is 1.91. The molecule has 176 valence electrons. The molecule has 2 rings (SSSR count). The normalized spacial score (nSPS) is 16.7. The summed E-state index contributed by atoms with van der Waals surface area (Å²) in [5, 5.41) is 6.75. The van der Waals surface area contributed by atoms with Gasteiger partial charge in [-0.05, 0) is 58.2 Å². The van der Waals surface area contributed by atoms with Gasteiger partial charge in [0.2, 0.25) is 5.91 Å². The quantitative estimate of drug-likeness (QED) is 0.216. The first kappa shape index (κ1) is 27.5. The van der Waals surface area contributed by atoms with Gasteiger partial charge in [-0.1, -0.05) is 12.1 Å². The van der Waals surface area contributed by atoms with E-state index in [1.165, 1.54) is 5.56 Å². The molecule has 31 heavy (non-hydrogen) atoms. The first-order valence-corrected chi connectivity index (χ1v) is 11.0. The number of carbonyl (C=O) groups excluding carboxylic acids is 1. The van der Waals surface area contributed by atoms with Crippen LogP contribution in [0.4, 0.5) is 0 Å². The zero-order chi connectivity index (χ0) is 22.1. The van der Waals surface area contributed by atoms with Gasteiger partial charge in [-0.3, -0.25) is 14.7 Å². The van der Waals surface area contributed by atoms with E-state index < -0.39 is 0 Å². The number of rotatable bonds is 9. The molecule has 1 fully saturated rings. The van der Waals surface area contributed by atoms with Crippen molar-refractivity contribution in [2.24, 2.45) is 4.99 Å². The van der Waals surface area contributed by atoms with Gasteiger partial charge >= 0.3 is 0 Å². The van der Waals surface area contributed by atoms with Crippen molar-refractivity contribution in [3.8, 4) is 5.75 Å². The second-order valence-electron chi connectivity index (χ2n) is 8.41. The van der Waals surface area contributed by atoms with Crippen LogP contribution in [-0.2, 0) is 11.3 Å². The van der Waals surface area contributed by atoms with Crippen molar-refractivity contribution >= 4 is 35.8 Å². The average Bonchev–Trinajstić information content (AvgIpc) is 3.15. The van der Waals surface area contributed by atoms with Crippen molar-refractivity contribution in [1.82, 2.24) is 20.4 Å². The van der Waals surface area contributed by atoms with E-state index in [1.807, 2.05) is 27.9 Å². The van der Waals surface area contributed by atoms with E-state index in [2.05, 4.69) is 45.6 Å². The monoisotopic (exact) mass is 545 g/mol. The number of likely N-dealkylation sites (tertiary alicyclic amines) is 1. The van der Waals surface area contributed by atoms with Gasteiger partial charge in [0.1, 0.15) is 5.75 Å². The Morgan fingerprint density at radius 1 is 1.32 bits per heavy atom. The maximum Gasteiger partial charge on any atom is 0.239 e. The van der Waals surface area contributed by atoms with Crippen molar-refractivity contribution < 1.29 is 9.53 Å². The number of hydrogen-bond acceptors (Lipinski definition) is 4. The van der Waals surface area contributed by atoms with E-state index in [4.69, 9.17) is 4.74 Å². The van der Waals surface area contributed by atoms with Gasteiger partial charge in [-0.15, -0.1) is 24.0 Å². The second kappa shape index (κ2) is 13.8. The molecule has 0 saturated carbocycles. The highest BCUT2D eigenvalue weighted by atomic mass is 127. The van der Waals surface area contributed by atoms with Gasteiger partial charge in [0.15, 0.2) is 5.96 Å². The summed E-state index contributed by atoms with van der Waals surface area (Å²) in [6.07, 6.45) is 3.16. The molecule has 0 aliphatic carbocycles. The summed E-state index contributed by atoms with van der Waals surface area (Å²) in [5.41, 5.74) is 2.30. The van der Waals surface area contributed by atoms with Crippen molar-refractivity contribution in [1.29, 1.82) is 0 Å². The molecule has 1 amide bonds. The Hall–Kier alpha value is -1.55. The number of aliphatic imine (C=N–C) groups is 1. The fourth-order valence-corrected chi connectivity index (χ4v) is 3.73. The van der Waals surface area contributed by atoms with Crippen LogP contribution < -0.4 is 15.4 Å². The third kappa shape index (κ3) is 8.84. The van der Waals surface area contributed by atoms with E-state index in [0.29, 0.717) is 6.54 Å². The van der Waals surface area contributed by atoms with Gasteiger partial charge in [0, 0.05) is 46.3 Å². The lowest BCUT2D eigenvalue weighted by molar-refractivity contribution is -0.133. The molecule has 8 heteroatoms. The lowest BCUT2D eigenvalue weighted by Gasteiger charge is -2.26. The lowest BCUT2D eigenvalue weighted by atomic mass is 10.1. The smallest absolute Gasteiger partial charge is 0.239 e. The molecular weight excluding hydrogens is 505 g/mol. The number of amides is 1.